The Hall–Kier alpha value is -1.62. The topological polar surface area (TPSA) is 36.4 Å². The van der Waals surface area contributed by atoms with E-state index in [1.165, 1.54) is 4.70 Å². The number of fused-ring (bicyclic) bond motifs is 1. The Balaban J connectivity index is 1.51. The highest BCUT2D eigenvalue weighted by atomic mass is 32.1. The molecule has 22 heavy (non-hydrogen) atoms. The van der Waals surface area contributed by atoms with Crippen molar-refractivity contribution in [3.05, 3.63) is 24.3 Å². The van der Waals surface area contributed by atoms with Gasteiger partial charge in [0.1, 0.15) is 0 Å². The molecule has 2 heterocycles. The minimum absolute atomic E-state index is 0.308. The molecule has 1 saturated heterocycles. The van der Waals surface area contributed by atoms with Crippen LogP contribution in [0.2, 0.25) is 0 Å². The van der Waals surface area contributed by atoms with Crippen molar-refractivity contribution in [3.63, 3.8) is 0 Å². The first-order valence-electron chi connectivity index (χ1n) is 8.09. The van der Waals surface area contributed by atoms with Crippen LogP contribution in [0, 0.1) is 5.92 Å². The molecule has 0 bridgehead atoms. The zero-order chi connectivity index (χ0) is 15.1. The van der Waals surface area contributed by atoms with Crippen molar-refractivity contribution in [1.29, 1.82) is 0 Å². The van der Waals surface area contributed by atoms with Crippen LogP contribution in [0.3, 0.4) is 0 Å². The standard InChI is InChI=1S/C17H21N3OS/c1-19(16(21)12-8-9-12)13-5-4-10-20(11-13)17-18-14-6-2-3-7-15(14)22-17/h2-3,6-7,12-13H,4-5,8-11H2,1H3. The Morgan fingerprint density at radius 2 is 2.14 bits per heavy atom. The van der Waals surface area contributed by atoms with Crippen molar-refractivity contribution < 1.29 is 4.79 Å². The number of carbonyl (C=O) groups excluding carboxylic acids is 1. The number of thiazole rings is 1. The van der Waals surface area contributed by atoms with E-state index in [0.717, 1.165) is 49.4 Å². The third-order valence-electron chi connectivity index (χ3n) is 4.77. The van der Waals surface area contributed by atoms with Crippen molar-refractivity contribution in [2.75, 3.05) is 25.0 Å². The summed E-state index contributed by atoms with van der Waals surface area (Å²) in [6, 6.07) is 8.62. The number of piperidine rings is 1. The van der Waals surface area contributed by atoms with Gasteiger partial charge in [-0.05, 0) is 37.8 Å². The minimum atomic E-state index is 0.308. The molecule has 4 nitrogen and oxygen atoms in total. The van der Waals surface area contributed by atoms with Crippen molar-refractivity contribution in [3.8, 4) is 0 Å². The highest BCUT2D eigenvalue weighted by molar-refractivity contribution is 7.22. The molecule has 1 amide bonds. The number of benzene rings is 1. The molecule has 2 aromatic rings. The largest absolute Gasteiger partial charge is 0.346 e. The van der Waals surface area contributed by atoms with Gasteiger partial charge in [-0.15, -0.1) is 0 Å². The maximum absolute atomic E-state index is 12.3. The zero-order valence-electron chi connectivity index (χ0n) is 12.9. The van der Waals surface area contributed by atoms with Crippen molar-refractivity contribution >= 4 is 32.6 Å². The first-order chi connectivity index (χ1) is 10.7. The Labute approximate surface area is 134 Å². The van der Waals surface area contributed by atoms with Gasteiger partial charge in [0, 0.05) is 32.1 Å². The van der Waals surface area contributed by atoms with Gasteiger partial charge >= 0.3 is 0 Å². The molecule has 1 saturated carbocycles. The summed E-state index contributed by atoms with van der Waals surface area (Å²) in [5.41, 5.74) is 1.08. The monoisotopic (exact) mass is 315 g/mol. The number of nitrogens with zero attached hydrogens (tertiary/aromatic N) is 3. The third kappa shape index (κ3) is 2.58. The molecule has 5 heteroatoms. The van der Waals surface area contributed by atoms with Crippen LogP contribution in [0.1, 0.15) is 25.7 Å². The number of hydrogen-bond acceptors (Lipinski definition) is 4. The van der Waals surface area contributed by atoms with Gasteiger partial charge < -0.3 is 9.80 Å². The minimum Gasteiger partial charge on any atom is -0.346 e. The van der Waals surface area contributed by atoms with Gasteiger partial charge in [-0.25, -0.2) is 4.98 Å². The molecule has 1 aliphatic heterocycles. The number of rotatable bonds is 3. The third-order valence-corrected chi connectivity index (χ3v) is 5.87. The molecule has 0 radical (unpaired) electrons. The predicted octanol–water partition coefficient (Wildman–Crippen LogP) is 3.13. The summed E-state index contributed by atoms with van der Waals surface area (Å²) in [5, 5.41) is 1.10. The van der Waals surface area contributed by atoms with Crippen LogP contribution in [0.25, 0.3) is 10.2 Å². The lowest BCUT2D eigenvalue weighted by Gasteiger charge is -2.37. The van der Waals surface area contributed by atoms with E-state index in [1.54, 1.807) is 11.3 Å². The van der Waals surface area contributed by atoms with Gasteiger partial charge in [-0.3, -0.25) is 4.79 Å². The van der Waals surface area contributed by atoms with Crippen molar-refractivity contribution in [2.24, 2.45) is 5.92 Å². The molecule has 1 atom stereocenters. The number of aromatic nitrogens is 1. The molecule has 1 aliphatic carbocycles. The van der Waals surface area contributed by atoms with Crippen LogP contribution >= 0.6 is 11.3 Å². The van der Waals surface area contributed by atoms with E-state index in [2.05, 4.69) is 23.1 Å². The molecule has 1 aromatic heterocycles. The van der Waals surface area contributed by atoms with E-state index in [4.69, 9.17) is 4.98 Å². The highest BCUT2D eigenvalue weighted by Gasteiger charge is 2.36. The van der Waals surface area contributed by atoms with Crippen LogP contribution in [0.4, 0.5) is 5.13 Å². The van der Waals surface area contributed by atoms with Crippen LogP contribution in [0.5, 0.6) is 0 Å². The molecule has 4 rings (SSSR count). The van der Waals surface area contributed by atoms with Gasteiger partial charge in [-0.1, -0.05) is 23.5 Å². The highest BCUT2D eigenvalue weighted by Crippen LogP contribution is 2.34. The van der Waals surface area contributed by atoms with E-state index in [0.29, 0.717) is 17.9 Å². The van der Waals surface area contributed by atoms with Crippen LogP contribution in [-0.2, 0) is 4.79 Å². The average molecular weight is 315 g/mol. The summed E-state index contributed by atoms with van der Waals surface area (Å²) in [7, 11) is 1.98. The lowest BCUT2D eigenvalue weighted by atomic mass is 10.0. The molecule has 1 aromatic carbocycles. The number of likely N-dealkylation sites (N-methyl/N-ethyl adjacent to an activating group) is 1. The summed E-state index contributed by atoms with van der Waals surface area (Å²) in [6.07, 6.45) is 4.40. The van der Waals surface area contributed by atoms with Gasteiger partial charge in [0.25, 0.3) is 0 Å². The second kappa shape index (κ2) is 5.54. The fourth-order valence-electron chi connectivity index (χ4n) is 3.24. The SMILES string of the molecule is CN(C(=O)C1CC1)C1CCCN(c2nc3ccccc3s2)C1. The summed E-state index contributed by atoms with van der Waals surface area (Å²) in [6.45, 7) is 1.95. The molecular formula is C17H21N3OS. The van der Waals surface area contributed by atoms with E-state index >= 15 is 0 Å². The molecular weight excluding hydrogens is 294 g/mol. The number of amides is 1. The van der Waals surface area contributed by atoms with Gasteiger partial charge in [0.05, 0.1) is 10.2 Å². The number of carbonyl (C=O) groups is 1. The van der Waals surface area contributed by atoms with Gasteiger partial charge in [0.15, 0.2) is 5.13 Å². The number of anilines is 1. The van der Waals surface area contributed by atoms with Crippen LogP contribution in [-0.4, -0.2) is 42.0 Å². The quantitative estimate of drug-likeness (QED) is 0.873. The molecule has 0 spiro atoms. The first kappa shape index (κ1) is 14.0. The molecule has 116 valence electrons. The normalized spacial score (nSPS) is 22.0. The molecule has 0 N–H and O–H groups in total. The fraction of sp³-hybridized carbons (Fsp3) is 0.529. The molecule has 2 aliphatic rings. The van der Waals surface area contributed by atoms with E-state index in [1.807, 2.05) is 18.0 Å². The molecule has 2 fully saturated rings. The second-order valence-corrected chi connectivity index (χ2v) is 7.44. The van der Waals surface area contributed by atoms with Gasteiger partial charge in [-0.2, -0.15) is 0 Å². The predicted molar refractivity (Wildman–Crippen MR) is 90.3 cm³/mol. The smallest absolute Gasteiger partial charge is 0.225 e. The van der Waals surface area contributed by atoms with E-state index < -0.39 is 0 Å². The lowest BCUT2D eigenvalue weighted by molar-refractivity contribution is -0.133. The van der Waals surface area contributed by atoms with Crippen molar-refractivity contribution in [2.45, 2.75) is 31.7 Å². The fourth-order valence-corrected chi connectivity index (χ4v) is 4.24. The Morgan fingerprint density at radius 3 is 2.91 bits per heavy atom. The van der Waals surface area contributed by atoms with E-state index in [-0.39, 0.29) is 0 Å². The number of hydrogen-bond donors (Lipinski definition) is 0. The second-order valence-electron chi connectivity index (χ2n) is 6.43. The maximum atomic E-state index is 12.3. The Morgan fingerprint density at radius 1 is 1.32 bits per heavy atom. The number of para-hydroxylation sites is 1. The Kier molecular flexibility index (Phi) is 3.53. The summed E-state index contributed by atoms with van der Waals surface area (Å²) >= 11 is 1.76. The first-order valence-corrected chi connectivity index (χ1v) is 8.91. The maximum Gasteiger partial charge on any atom is 0.225 e. The lowest BCUT2D eigenvalue weighted by Crippen LogP contribution is -2.49. The van der Waals surface area contributed by atoms with Gasteiger partial charge in [0.2, 0.25) is 5.91 Å². The van der Waals surface area contributed by atoms with Crippen molar-refractivity contribution in [1.82, 2.24) is 9.88 Å². The van der Waals surface area contributed by atoms with E-state index in [9.17, 15) is 4.79 Å². The zero-order valence-corrected chi connectivity index (χ0v) is 13.7. The summed E-state index contributed by atoms with van der Waals surface area (Å²) in [4.78, 5) is 21.4. The Bertz CT molecular complexity index is 661. The van der Waals surface area contributed by atoms with Crippen LogP contribution < -0.4 is 4.90 Å². The summed E-state index contributed by atoms with van der Waals surface area (Å²) < 4.78 is 1.24. The summed E-state index contributed by atoms with van der Waals surface area (Å²) in [5.74, 6) is 0.652. The average Bonchev–Trinajstić information content (AvgIpc) is 3.32. The molecule has 1 unspecified atom stereocenters. The van der Waals surface area contributed by atoms with Crippen LogP contribution in [0.15, 0.2) is 24.3 Å².